The lowest BCUT2D eigenvalue weighted by Gasteiger charge is -2.45. The molecule has 0 amide bonds. The molecule has 0 saturated heterocycles. The molecule has 6 rings (SSSR count). The minimum atomic E-state index is -4.07. The molecule has 160 valence electrons. The van der Waals surface area contributed by atoms with Gasteiger partial charge in [0.25, 0.3) is 5.56 Å². The van der Waals surface area contributed by atoms with Crippen molar-refractivity contribution in [2.45, 2.75) is 23.2 Å². The van der Waals surface area contributed by atoms with Gasteiger partial charge in [-0.3, -0.25) is 9.36 Å². The first-order chi connectivity index (χ1) is 14.8. The third-order valence-corrected chi connectivity index (χ3v) is 8.07. The van der Waals surface area contributed by atoms with E-state index < -0.39 is 26.2 Å². The minimum absolute atomic E-state index is 0.0703. The number of hydrogen-bond donors (Lipinski definition) is 1. The molecule has 3 aliphatic carbocycles. The van der Waals surface area contributed by atoms with Gasteiger partial charge in [0, 0.05) is 38.7 Å². The highest BCUT2D eigenvalue weighted by Crippen LogP contribution is 2.55. The molecule has 7 nitrogen and oxygen atoms in total. The molecule has 1 atom stereocenters. The van der Waals surface area contributed by atoms with Gasteiger partial charge >= 0.3 is 5.69 Å². The lowest BCUT2D eigenvalue weighted by atomic mass is 9.59. The van der Waals surface area contributed by atoms with Crippen LogP contribution in [0, 0.1) is 5.92 Å². The van der Waals surface area contributed by atoms with Gasteiger partial charge in [-0.15, -0.1) is 0 Å². The van der Waals surface area contributed by atoms with Gasteiger partial charge in [-0.1, -0.05) is 48.5 Å². The monoisotopic (exact) mass is 437 g/mol. The zero-order valence-corrected chi connectivity index (χ0v) is 18.1. The molecule has 3 aromatic rings. The van der Waals surface area contributed by atoms with Gasteiger partial charge in [-0.25, -0.2) is 17.9 Å². The molecule has 0 spiro atoms. The Bertz CT molecular complexity index is 1370. The van der Waals surface area contributed by atoms with E-state index in [-0.39, 0.29) is 24.3 Å². The number of benzene rings is 2. The molecule has 2 aromatic carbocycles. The molecule has 0 aliphatic heterocycles. The quantitative estimate of drug-likeness (QED) is 0.672. The highest BCUT2D eigenvalue weighted by Gasteiger charge is 2.43. The highest BCUT2D eigenvalue weighted by molar-refractivity contribution is 7.89. The summed E-state index contributed by atoms with van der Waals surface area (Å²) in [6.45, 7) is 0.220. The highest BCUT2D eigenvalue weighted by atomic mass is 32.2. The first kappa shape index (κ1) is 20.0. The Labute approximate surface area is 180 Å². The lowest BCUT2D eigenvalue weighted by molar-refractivity contribution is 0.355. The first-order valence-electron chi connectivity index (χ1n) is 10.2. The Morgan fingerprint density at radius 3 is 2.06 bits per heavy atom. The zero-order valence-electron chi connectivity index (χ0n) is 17.3. The van der Waals surface area contributed by atoms with Crippen molar-refractivity contribution in [1.29, 1.82) is 0 Å². The third kappa shape index (κ3) is 3.01. The van der Waals surface area contributed by atoms with Crippen LogP contribution in [0.4, 0.5) is 0 Å². The Balaban J connectivity index is 1.49. The molecule has 1 heterocycles. The molecule has 1 aromatic heterocycles. The fourth-order valence-electron chi connectivity index (χ4n) is 5.21. The van der Waals surface area contributed by atoms with Crippen molar-refractivity contribution in [3.05, 3.63) is 97.8 Å². The van der Waals surface area contributed by atoms with Gasteiger partial charge < -0.3 is 4.57 Å². The van der Waals surface area contributed by atoms with Gasteiger partial charge in [-0.2, -0.15) is 0 Å². The van der Waals surface area contributed by atoms with Gasteiger partial charge in [0.2, 0.25) is 10.0 Å². The third-order valence-electron chi connectivity index (χ3n) is 6.66. The summed E-state index contributed by atoms with van der Waals surface area (Å²) in [6, 6.07) is 16.7. The number of nitrogens with zero attached hydrogens (tertiary/aromatic N) is 2. The zero-order chi connectivity index (χ0) is 21.9. The van der Waals surface area contributed by atoms with E-state index in [9.17, 15) is 18.0 Å². The topological polar surface area (TPSA) is 90.2 Å². The van der Waals surface area contributed by atoms with Crippen LogP contribution in [0.5, 0.6) is 0 Å². The summed E-state index contributed by atoms with van der Waals surface area (Å²) in [5, 5.41) is 0. The van der Waals surface area contributed by atoms with E-state index in [1.54, 1.807) is 0 Å². The number of nitrogens with one attached hydrogen (secondary N) is 1. The minimum Gasteiger partial charge on any atom is -0.302 e. The largest absolute Gasteiger partial charge is 0.330 e. The number of hydrogen-bond acceptors (Lipinski definition) is 4. The van der Waals surface area contributed by atoms with Gasteiger partial charge in [0.15, 0.2) is 4.90 Å². The van der Waals surface area contributed by atoms with E-state index >= 15 is 0 Å². The normalized spacial score (nSPS) is 21.5. The van der Waals surface area contributed by atoms with E-state index in [1.807, 2.05) is 12.1 Å². The molecule has 0 radical (unpaired) electrons. The predicted octanol–water partition coefficient (Wildman–Crippen LogP) is 1.66. The molecule has 8 heteroatoms. The molecule has 31 heavy (non-hydrogen) atoms. The molecular weight excluding hydrogens is 414 g/mol. The fourth-order valence-corrected chi connectivity index (χ4v) is 6.47. The van der Waals surface area contributed by atoms with Crippen LogP contribution in [0.1, 0.15) is 40.5 Å². The molecule has 0 fully saturated rings. The van der Waals surface area contributed by atoms with Gasteiger partial charge in [0.1, 0.15) is 0 Å². The van der Waals surface area contributed by atoms with Crippen LogP contribution in [-0.2, 0) is 24.1 Å². The van der Waals surface area contributed by atoms with Crippen LogP contribution < -0.4 is 16.0 Å². The molecule has 2 bridgehead atoms. The summed E-state index contributed by atoms with van der Waals surface area (Å²) >= 11 is 0. The first-order valence-corrected chi connectivity index (χ1v) is 11.7. The number of sulfonamides is 1. The fraction of sp³-hybridized carbons (Fsp3) is 0.304. The second kappa shape index (κ2) is 7.03. The molecule has 1 N–H and O–H groups in total. The number of rotatable bonds is 4. The Morgan fingerprint density at radius 2 is 1.48 bits per heavy atom. The second-order valence-electron chi connectivity index (χ2n) is 8.39. The van der Waals surface area contributed by atoms with E-state index in [4.69, 9.17) is 0 Å². The maximum Gasteiger partial charge on any atom is 0.330 e. The summed E-state index contributed by atoms with van der Waals surface area (Å²) in [7, 11) is -1.37. The van der Waals surface area contributed by atoms with Crippen molar-refractivity contribution in [2.75, 3.05) is 6.54 Å². The SMILES string of the molecule is Cn1cc(S(=O)(=O)NCC2CC3c4ccccc4C2c2ccccc23)c(=O)n(C)c1=O. The lowest BCUT2D eigenvalue weighted by Crippen LogP contribution is -2.43. The van der Waals surface area contributed by atoms with Crippen LogP contribution >= 0.6 is 0 Å². The molecule has 0 saturated carbocycles. The summed E-state index contributed by atoms with van der Waals surface area (Å²) in [6.07, 6.45) is 1.93. The standard InChI is InChI=1S/C23H23N3O4S/c1-25-13-20(22(27)26(2)23(25)28)31(29,30)24-12-14-11-19-15-7-3-5-9-17(15)21(14)18-10-6-4-8-16(18)19/h3-10,13-14,19,21,24H,11-12H2,1-2H3. The number of aryl methyl sites for hydroxylation is 1. The van der Waals surface area contributed by atoms with Crippen molar-refractivity contribution in [1.82, 2.24) is 13.9 Å². The summed E-state index contributed by atoms with van der Waals surface area (Å²) in [5.74, 6) is 0.404. The number of aromatic nitrogens is 2. The van der Waals surface area contributed by atoms with Crippen molar-refractivity contribution in [2.24, 2.45) is 20.0 Å². The molecule has 3 aliphatic rings. The Hall–Kier alpha value is -2.97. The average molecular weight is 438 g/mol. The second-order valence-corrected chi connectivity index (χ2v) is 10.1. The van der Waals surface area contributed by atoms with Crippen LogP contribution in [0.3, 0.4) is 0 Å². The predicted molar refractivity (Wildman–Crippen MR) is 117 cm³/mol. The van der Waals surface area contributed by atoms with Crippen LogP contribution in [0.25, 0.3) is 0 Å². The maximum atomic E-state index is 13.0. The van der Waals surface area contributed by atoms with E-state index in [0.717, 1.165) is 21.8 Å². The van der Waals surface area contributed by atoms with Crippen LogP contribution in [-0.4, -0.2) is 24.1 Å². The van der Waals surface area contributed by atoms with Gasteiger partial charge in [-0.05, 0) is 34.6 Å². The molecular formula is C23H23N3O4S. The van der Waals surface area contributed by atoms with E-state index in [2.05, 4.69) is 41.1 Å². The summed E-state index contributed by atoms with van der Waals surface area (Å²) < 4.78 is 30.5. The Kier molecular flexibility index (Phi) is 4.53. The van der Waals surface area contributed by atoms with Gasteiger partial charge in [0.05, 0.1) is 0 Å². The summed E-state index contributed by atoms with van der Waals surface area (Å²) in [4.78, 5) is 23.9. The summed E-state index contributed by atoms with van der Waals surface area (Å²) in [5.41, 5.74) is 3.74. The van der Waals surface area contributed by atoms with Crippen molar-refractivity contribution in [3.8, 4) is 0 Å². The van der Waals surface area contributed by atoms with Crippen molar-refractivity contribution in [3.63, 3.8) is 0 Å². The average Bonchev–Trinajstić information content (AvgIpc) is 2.79. The van der Waals surface area contributed by atoms with E-state index in [0.29, 0.717) is 0 Å². The maximum absolute atomic E-state index is 13.0. The van der Waals surface area contributed by atoms with E-state index in [1.165, 1.54) is 36.3 Å². The van der Waals surface area contributed by atoms with Crippen molar-refractivity contribution >= 4 is 10.0 Å². The number of fused-ring (bicyclic) bond motifs is 1. The molecule has 1 unspecified atom stereocenters. The van der Waals surface area contributed by atoms with Crippen LogP contribution in [0.2, 0.25) is 0 Å². The van der Waals surface area contributed by atoms with Crippen molar-refractivity contribution < 1.29 is 8.42 Å². The van der Waals surface area contributed by atoms with Crippen LogP contribution in [0.15, 0.2) is 69.2 Å². The Morgan fingerprint density at radius 1 is 0.935 bits per heavy atom. The smallest absolute Gasteiger partial charge is 0.302 e.